The minimum atomic E-state index is -0.937. The Morgan fingerprint density at radius 3 is 2.43 bits per heavy atom. The number of rotatable bonds is 3. The van der Waals surface area contributed by atoms with Crippen molar-refractivity contribution >= 4 is 33.7 Å². The zero-order chi connectivity index (χ0) is 14.8. The Hall–Kier alpha value is -2.07. The number of halogens is 1. The summed E-state index contributed by atoms with van der Waals surface area (Å²) < 4.78 is 0.987. The van der Waals surface area contributed by atoms with Crippen LogP contribution in [0.3, 0.4) is 0 Å². The molecule has 1 aliphatic heterocycles. The topological polar surface area (TPSA) is 40.5 Å². The van der Waals surface area contributed by atoms with Crippen LogP contribution in [-0.2, 0) is 17.9 Å². The third kappa shape index (κ3) is 3.00. The molecule has 1 N–H and O–H groups in total. The van der Waals surface area contributed by atoms with Crippen LogP contribution in [-0.4, -0.2) is 11.1 Å². The van der Waals surface area contributed by atoms with Crippen molar-refractivity contribution in [2.24, 2.45) is 0 Å². The summed E-state index contributed by atoms with van der Waals surface area (Å²) >= 11 is 3.49. The van der Waals surface area contributed by atoms with E-state index in [-0.39, 0.29) is 0 Å². The van der Waals surface area contributed by atoms with E-state index in [2.05, 4.69) is 45.1 Å². The predicted octanol–water partition coefficient (Wildman–Crippen LogP) is 4.07. The highest BCUT2D eigenvalue weighted by atomic mass is 79.9. The maximum Gasteiger partial charge on any atom is 0.328 e. The Labute approximate surface area is 131 Å². The number of carboxylic acid groups (broad SMARTS) is 1. The number of hydrogen-bond acceptors (Lipinski definition) is 2. The van der Waals surface area contributed by atoms with E-state index in [1.165, 1.54) is 17.2 Å². The van der Waals surface area contributed by atoms with Crippen molar-refractivity contribution < 1.29 is 9.90 Å². The molecular formula is C17H14BrNO2. The normalized spacial score (nSPS) is 13.7. The molecule has 0 saturated carbocycles. The number of benzene rings is 2. The monoisotopic (exact) mass is 343 g/mol. The summed E-state index contributed by atoms with van der Waals surface area (Å²) in [6, 6.07) is 14.3. The zero-order valence-corrected chi connectivity index (χ0v) is 12.9. The smallest absolute Gasteiger partial charge is 0.328 e. The number of hydrogen-bond donors (Lipinski definition) is 1. The third-order valence-electron chi connectivity index (χ3n) is 3.58. The maximum atomic E-state index is 10.7. The number of carbonyl (C=O) groups is 1. The molecule has 106 valence electrons. The molecule has 0 aromatic heterocycles. The summed E-state index contributed by atoms with van der Waals surface area (Å²) in [6.45, 7) is 1.70. The third-order valence-corrected chi connectivity index (χ3v) is 4.07. The van der Waals surface area contributed by atoms with Crippen LogP contribution in [0, 0.1) is 0 Å². The highest BCUT2D eigenvalue weighted by Crippen LogP contribution is 2.33. The Morgan fingerprint density at radius 2 is 1.81 bits per heavy atom. The van der Waals surface area contributed by atoms with Crippen LogP contribution in [0.25, 0.3) is 6.08 Å². The van der Waals surface area contributed by atoms with Crippen molar-refractivity contribution in [3.05, 3.63) is 69.7 Å². The van der Waals surface area contributed by atoms with E-state index >= 15 is 0 Å². The Kier molecular flexibility index (Phi) is 3.80. The molecule has 0 aliphatic carbocycles. The van der Waals surface area contributed by atoms with Gasteiger partial charge in [-0.2, -0.15) is 0 Å². The van der Waals surface area contributed by atoms with Crippen molar-refractivity contribution in [1.29, 1.82) is 0 Å². The van der Waals surface area contributed by atoms with Crippen LogP contribution < -0.4 is 4.90 Å². The van der Waals surface area contributed by atoms with Crippen molar-refractivity contribution in [3.8, 4) is 0 Å². The highest BCUT2D eigenvalue weighted by Gasteiger charge is 2.20. The molecule has 0 saturated heterocycles. The fourth-order valence-corrected chi connectivity index (χ4v) is 2.95. The average molecular weight is 344 g/mol. The summed E-state index contributed by atoms with van der Waals surface area (Å²) in [5.41, 5.74) is 4.60. The summed E-state index contributed by atoms with van der Waals surface area (Å²) in [6.07, 6.45) is 2.82. The van der Waals surface area contributed by atoms with Gasteiger partial charge in [0.25, 0.3) is 0 Å². The quantitative estimate of drug-likeness (QED) is 0.854. The molecule has 1 heterocycles. The molecule has 3 nitrogen and oxygen atoms in total. The lowest BCUT2D eigenvalue weighted by molar-refractivity contribution is -0.131. The standard InChI is InChI=1S/C17H14BrNO2/c18-15-7-5-12(6-8-17(20)21)16(9-15)19-10-13-3-1-2-4-14(13)11-19/h1-9H,10-11H2,(H,20,21). The molecule has 0 amide bonds. The number of fused-ring (bicyclic) bond motifs is 1. The number of anilines is 1. The van der Waals surface area contributed by atoms with Crippen molar-refractivity contribution in [2.45, 2.75) is 13.1 Å². The van der Waals surface area contributed by atoms with Crippen LogP contribution in [0.5, 0.6) is 0 Å². The second kappa shape index (κ2) is 5.74. The maximum absolute atomic E-state index is 10.7. The molecule has 4 heteroatoms. The van der Waals surface area contributed by atoms with Crippen LogP contribution in [0.15, 0.2) is 53.0 Å². The van der Waals surface area contributed by atoms with E-state index in [1.807, 2.05) is 18.2 Å². The first-order chi connectivity index (χ1) is 10.1. The molecule has 0 spiro atoms. The Bertz CT molecular complexity index is 699. The fraction of sp³-hybridized carbons (Fsp3) is 0.118. The van der Waals surface area contributed by atoms with Gasteiger partial charge in [0.1, 0.15) is 0 Å². The van der Waals surface area contributed by atoms with Gasteiger partial charge in [-0.05, 0) is 34.9 Å². The largest absolute Gasteiger partial charge is 0.478 e. The minimum absolute atomic E-state index is 0.848. The zero-order valence-electron chi connectivity index (χ0n) is 11.3. The van der Waals surface area contributed by atoms with Gasteiger partial charge < -0.3 is 10.0 Å². The molecule has 0 radical (unpaired) electrons. The summed E-state index contributed by atoms with van der Waals surface area (Å²) in [7, 11) is 0. The molecule has 0 unspecified atom stereocenters. The summed E-state index contributed by atoms with van der Waals surface area (Å²) in [5, 5.41) is 8.82. The van der Waals surface area contributed by atoms with E-state index < -0.39 is 5.97 Å². The van der Waals surface area contributed by atoms with Gasteiger partial charge in [-0.15, -0.1) is 0 Å². The van der Waals surface area contributed by atoms with Crippen LogP contribution in [0.1, 0.15) is 16.7 Å². The minimum Gasteiger partial charge on any atom is -0.478 e. The van der Waals surface area contributed by atoms with Crippen molar-refractivity contribution in [3.63, 3.8) is 0 Å². The average Bonchev–Trinajstić information content (AvgIpc) is 2.89. The van der Waals surface area contributed by atoms with Gasteiger partial charge in [-0.25, -0.2) is 4.79 Å². The van der Waals surface area contributed by atoms with Gasteiger partial charge in [0.2, 0.25) is 0 Å². The molecule has 2 aromatic rings. The second-order valence-electron chi connectivity index (χ2n) is 5.00. The van der Waals surface area contributed by atoms with Gasteiger partial charge in [0, 0.05) is 29.3 Å². The molecule has 1 aliphatic rings. The molecular weight excluding hydrogens is 330 g/mol. The van der Waals surface area contributed by atoms with Crippen LogP contribution in [0.4, 0.5) is 5.69 Å². The Morgan fingerprint density at radius 1 is 1.14 bits per heavy atom. The second-order valence-corrected chi connectivity index (χ2v) is 5.92. The Balaban J connectivity index is 1.96. The molecule has 21 heavy (non-hydrogen) atoms. The number of aliphatic carboxylic acids is 1. The first-order valence-corrected chi connectivity index (χ1v) is 7.45. The van der Waals surface area contributed by atoms with Gasteiger partial charge in [0.15, 0.2) is 0 Å². The highest BCUT2D eigenvalue weighted by molar-refractivity contribution is 9.10. The number of nitrogens with zero attached hydrogens (tertiary/aromatic N) is 1. The van der Waals surface area contributed by atoms with E-state index in [9.17, 15) is 4.79 Å². The lowest BCUT2D eigenvalue weighted by Crippen LogP contribution is -2.15. The molecule has 0 atom stereocenters. The lowest BCUT2D eigenvalue weighted by atomic mass is 10.1. The van der Waals surface area contributed by atoms with E-state index in [0.717, 1.165) is 28.8 Å². The molecule has 3 rings (SSSR count). The van der Waals surface area contributed by atoms with Crippen molar-refractivity contribution in [1.82, 2.24) is 0 Å². The molecule has 2 aromatic carbocycles. The molecule has 0 bridgehead atoms. The first kappa shape index (κ1) is 13.9. The van der Waals surface area contributed by atoms with Crippen LogP contribution >= 0.6 is 15.9 Å². The molecule has 0 fully saturated rings. The van der Waals surface area contributed by atoms with E-state index in [0.29, 0.717) is 0 Å². The van der Waals surface area contributed by atoms with E-state index in [1.54, 1.807) is 6.08 Å². The fourth-order valence-electron chi connectivity index (χ4n) is 2.60. The van der Waals surface area contributed by atoms with E-state index in [4.69, 9.17) is 5.11 Å². The van der Waals surface area contributed by atoms with Gasteiger partial charge in [-0.3, -0.25) is 0 Å². The van der Waals surface area contributed by atoms with Gasteiger partial charge >= 0.3 is 5.97 Å². The first-order valence-electron chi connectivity index (χ1n) is 6.66. The van der Waals surface area contributed by atoms with Crippen molar-refractivity contribution in [2.75, 3.05) is 4.90 Å². The summed E-state index contributed by atoms with van der Waals surface area (Å²) in [5.74, 6) is -0.937. The lowest BCUT2D eigenvalue weighted by Gasteiger charge is -2.20. The number of carboxylic acids is 1. The predicted molar refractivity (Wildman–Crippen MR) is 87.1 cm³/mol. The van der Waals surface area contributed by atoms with Crippen LogP contribution in [0.2, 0.25) is 0 Å². The van der Waals surface area contributed by atoms with Gasteiger partial charge in [-0.1, -0.05) is 46.3 Å². The summed E-state index contributed by atoms with van der Waals surface area (Å²) in [4.78, 5) is 13.0. The van der Waals surface area contributed by atoms with Gasteiger partial charge in [0.05, 0.1) is 0 Å². The SMILES string of the molecule is O=C(O)C=Cc1ccc(Br)cc1N1Cc2ccccc2C1.